The van der Waals surface area contributed by atoms with Crippen molar-refractivity contribution in [1.29, 1.82) is 0 Å². The van der Waals surface area contributed by atoms with E-state index < -0.39 is 6.10 Å². The average Bonchev–Trinajstić information content (AvgIpc) is 3.20. The van der Waals surface area contributed by atoms with Gasteiger partial charge in [0.15, 0.2) is 0 Å². The van der Waals surface area contributed by atoms with E-state index in [1.54, 1.807) is 12.1 Å². The molecule has 168 valence electrons. The molecule has 31 heavy (non-hydrogen) atoms. The van der Waals surface area contributed by atoms with E-state index >= 15 is 0 Å². The largest absolute Gasteiger partial charge is 0.508 e. The molecule has 3 rings (SSSR count). The summed E-state index contributed by atoms with van der Waals surface area (Å²) in [6.07, 6.45) is 4.54. The van der Waals surface area contributed by atoms with Gasteiger partial charge in [0.2, 0.25) is 0 Å². The highest BCUT2D eigenvalue weighted by Crippen LogP contribution is 2.26. The van der Waals surface area contributed by atoms with Gasteiger partial charge in [-0.2, -0.15) is 0 Å². The Morgan fingerprint density at radius 2 is 1.81 bits per heavy atom. The van der Waals surface area contributed by atoms with Crippen LogP contribution in [0.2, 0.25) is 0 Å². The molecule has 0 radical (unpaired) electrons. The van der Waals surface area contributed by atoms with E-state index in [9.17, 15) is 15.3 Å². The molecule has 1 atom stereocenters. The number of aromatic hydroxyl groups is 1. The molecule has 3 aromatic rings. The standard InChI is InChI=1S/C25H33NO4S/c27-18-19-9-10-23(28)22(15-19)24(29)17-26-12-5-1-2-6-13-30-14-11-21-16-20-7-3-4-8-25(20)31-21/h3-4,7-10,15-16,24,26-29H,1-2,5-6,11-14,17-18H2. The second kappa shape index (κ2) is 12.8. The fourth-order valence-electron chi connectivity index (χ4n) is 3.56. The third-order valence-electron chi connectivity index (χ3n) is 5.33. The second-order valence-corrected chi connectivity index (χ2v) is 8.97. The van der Waals surface area contributed by atoms with Gasteiger partial charge in [-0.1, -0.05) is 37.1 Å². The Morgan fingerprint density at radius 1 is 0.968 bits per heavy atom. The zero-order valence-electron chi connectivity index (χ0n) is 17.9. The van der Waals surface area contributed by atoms with Crippen LogP contribution in [0.3, 0.4) is 0 Å². The summed E-state index contributed by atoms with van der Waals surface area (Å²) in [6.45, 7) is 2.67. The van der Waals surface area contributed by atoms with Gasteiger partial charge in [0.25, 0.3) is 0 Å². The highest BCUT2D eigenvalue weighted by molar-refractivity contribution is 7.19. The molecule has 6 heteroatoms. The predicted molar refractivity (Wildman–Crippen MR) is 127 cm³/mol. The van der Waals surface area contributed by atoms with Gasteiger partial charge >= 0.3 is 0 Å². The highest BCUT2D eigenvalue weighted by atomic mass is 32.1. The van der Waals surface area contributed by atoms with Crippen LogP contribution in [0.1, 0.15) is 47.8 Å². The number of phenolic OH excluding ortho intramolecular Hbond substituents is 1. The molecule has 0 aliphatic carbocycles. The first-order valence-electron chi connectivity index (χ1n) is 11.0. The quantitative estimate of drug-likeness (QED) is 0.275. The Morgan fingerprint density at radius 3 is 2.65 bits per heavy atom. The molecular formula is C25H33NO4S. The van der Waals surface area contributed by atoms with Gasteiger partial charge in [-0.15, -0.1) is 11.3 Å². The van der Waals surface area contributed by atoms with Crippen LogP contribution in [0, 0.1) is 0 Å². The van der Waals surface area contributed by atoms with Crippen molar-refractivity contribution >= 4 is 21.4 Å². The van der Waals surface area contributed by atoms with Gasteiger partial charge in [0, 0.05) is 34.7 Å². The Labute approximate surface area is 188 Å². The summed E-state index contributed by atoms with van der Waals surface area (Å²) in [5.74, 6) is 0.0545. The molecule has 0 saturated carbocycles. The number of hydrogen-bond acceptors (Lipinski definition) is 6. The lowest BCUT2D eigenvalue weighted by Gasteiger charge is -2.14. The fraction of sp³-hybridized carbons (Fsp3) is 0.440. The topological polar surface area (TPSA) is 82.0 Å². The summed E-state index contributed by atoms with van der Waals surface area (Å²) in [4.78, 5) is 1.38. The van der Waals surface area contributed by atoms with Crippen molar-refractivity contribution in [2.24, 2.45) is 0 Å². The van der Waals surface area contributed by atoms with Gasteiger partial charge in [0.1, 0.15) is 5.75 Å². The number of fused-ring (bicyclic) bond motifs is 1. The number of rotatable bonds is 14. The number of nitrogens with one attached hydrogen (secondary N) is 1. The number of unbranched alkanes of at least 4 members (excludes halogenated alkanes) is 3. The number of hydrogen-bond donors (Lipinski definition) is 4. The summed E-state index contributed by atoms with van der Waals surface area (Å²) >= 11 is 1.85. The summed E-state index contributed by atoms with van der Waals surface area (Å²) in [7, 11) is 0. The zero-order chi connectivity index (χ0) is 21.9. The molecule has 4 N–H and O–H groups in total. The molecule has 0 saturated heterocycles. The molecule has 1 heterocycles. The third-order valence-corrected chi connectivity index (χ3v) is 6.51. The van der Waals surface area contributed by atoms with Crippen molar-refractivity contribution in [3.8, 4) is 5.75 Å². The molecule has 0 amide bonds. The molecule has 0 fully saturated rings. The molecular weight excluding hydrogens is 410 g/mol. The van der Waals surface area contributed by atoms with Crippen LogP contribution < -0.4 is 5.32 Å². The normalized spacial score (nSPS) is 12.5. The maximum atomic E-state index is 10.2. The maximum absolute atomic E-state index is 10.2. The van der Waals surface area contributed by atoms with Crippen molar-refractivity contribution in [3.63, 3.8) is 0 Å². The van der Waals surface area contributed by atoms with Crippen LogP contribution >= 0.6 is 11.3 Å². The van der Waals surface area contributed by atoms with Crippen LogP contribution in [-0.2, 0) is 17.8 Å². The first kappa shape index (κ1) is 23.7. The SMILES string of the molecule is OCc1ccc(O)c(C(O)CNCCCCCCOCCc2cc3ccccc3s2)c1. The average molecular weight is 444 g/mol. The first-order valence-corrected chi connectivity index (χ1v) is 11.9. The monoisotopic (exact) mass is 443 g/mol. The van der Waals surface area contributed by atoms with Gasteiger partial charge in [-0.25, -0.2) is 0 Å². The number of aliphatic hydroxyl groups is 2. The van der Waals surface area contributed by atoms with E-state index in [0.29, 0.717) is 17.7 Å². The van der Waals surface area contributed by atoms with Crippen molar-refractivity contribution < 1.29 is 20.1 Å². The summed E-state index contributed by atoms with van der Waals surface area (Å²) < 4.78 is 7.13. The van der Waals surface area contributed by atoms with Crippen LogP contribution in [0.5, 0.6) is 5.75 Å². The predicted octanol–water partition coefficient (Wildman–Crippen LogP) is 4.54. The van der Waals surface area contributed by atoms with E-state index in [0.717, 1.165) is 51.9 Å². The summed E-state index contributed by atoms with van der Waals surface area (Å²) in [5, 5.41) is 33.9. The van der Waals surface area contributed by atoms with E-state index in [-0.39, 0.29) is 12.4 Å². The smallest absolute Gasteiger partial charge is 0.121 e. The lowest BCUT2D eigenvalue weighted by atomic mass is 10.0. The maximum Gasteiger partial charge on any atom is 0.121 e. The third kappa shape index (κ3) is 7.59. The Kier molecular flexibility index (Phi) is 9.78. The van der Waals surface area contributed by atoms with Gasteiger partial charge in [-0.3, -0.25) is 0 Å². The Hall–Kier alpha value is -1.96. The molecule has 1 unspecified atom stereocenters. The number of thiophene rings is 1. The van der Waals surface area contributed by atoms with Crippen molar-refractivity contribution in [1.82, 2.24) is 5.32 Å². The molecule has 0 bridgehead atoms. The van der Waals surface area contributed by atoms with Crippen LogP contribution in [0.25, 0.3) is 10.1 Å². The minimum absolute atomic E-state index is 0.0545. The Bertz CT molecular complexity index is 894. The van der Waals surface area contributed by atoms with E-state index in [2.05, 4.69) is 35.6 Å². The first-order chi connectivity index (χ1) is 15.2. The van der Waals surface area contributed by atoms with Gasteiger partial charge in [0.05, 0.1) is 19.3 Å². The van der Waals surface area contributed by atoms with Crippen LogP contribution in [0.4, 0.5) is 0 Å². The lowest BCUT2D eigenvalue weighted by Crippen LogP contribution is -2.22. The van der Waals surface area contributed by atoms with Crippen molar-refractivity contribution in [3.05, 3.63) is 64.5 Å². The Balaban J connectivity index is 1.18. The van der Waals surface area contributed by atoms with E-state index in [4.69, 9.17) is 4.74 Å². The van der Waals surface area contributed by atoms with E-state index in [1.807, 2.05) is 11.3 Å². The highest BCUT2D eigenvalue weighted by Gasteiger charge is 2.12. The van der Waals surface area contributed by atoms with Gasteiger partial charge < -0.3 is 25.4 Å². The van der Waals surface area contributed by atoms with Crippen molar-refractivity contribution in [2.75, 3.05) is 26.3 Å². The molecule has 1 aromatic heterocycles. The molecule has 5 nitrogen and oxygen atoms in total. The summed E-state index contributed by atoms with van der Waals surface area (Å²) in [6, 6.07) is 15.5. The number of phenols is 1. The lowest BCUT2D eigenvalue weighted by molar-refractivity contribution is 0.133. The molecule has 0 aliphatic rings. The number of benzene rings is 2. The summed E-state index contributed by atoms with van der Waals surface area (Å²) in [5.41, 5.74) is 1.13. The fourth-order valence-corrected chi connectivity index (χ4v) is 4.61. The van der Waals surface area contributed by atoms with Crippen LogP contribution in [-0.4, -0.2) is 41.6 Å². The van der Waals surface area contributed by atoms with Crippen molar-refractivity contribution in [2.45, 2.75) is 44.8 Å². The van der Waals surface area contributed by atoms with Crippen LogP contribution in [0.15, 0.2) is 48.5 Å². The number of aliphatic hydroxyl groups excluding tert-OH is 2. The molecule has 2 aromatic carbocycles. The second-order valence-electron chi connectivity index (χ2n) is 7.80. The minimum Gasteiger partial charge on any atom is -0.508 e. The zero-order valence-corrected chi connectivity index (χ0v) is 18.7. The number of ether oxygens (including phenoxy) is 1. The van der Waals surface area contributed by atoms with E-state index in [1.165, 1.54) is 21.0 Å². The molecule has 0 spiro atoms. The minimum atomic E-state index is -0.791. The molecule has 0 aliphatic heterocycles. The van der Waals surface area contributed by atoms with Gasteiger partial charge in [-0.05, 0) is 54.6 Å².